The van der Waals surface area contributed by atoms with Crippen LogP contribution in [0.3, 0.4) is 0 Å². The van der Waals surface area contributed by atoms with Crippen molar-refractivity contribution in [3.63, 3.8) is 0 Å². The van der Waals surface area contributed by atoms with Crippen LogP contribution in [0.5, 0.6) is 0 Å². The molecule has 2 N–H and O–H groups in total. The number of anilines is 2. The largest absolute Gasteiger partial charge is 0.444 e. The predicted molar refractivity (Wildman–Crippen MR) is 156 cm³/mol. The van der Waals surface area contributed by atoms with Crippen molar-refractivity contribution < 1.29 is 28.6 Å². The van der Waals surface area contributed by atoms with Crippen LogP contribution in [-0.2, 0) is 25.5 Å². The number of alkyl carbamates (subject to hydrolysis) is 1. The highest BCUT2D eigenvalue weighted by Gasteiger charge is 2.29. The summed E-state index contributed by atoms with van der Waals surface area (Å²) in [5.74, 6) is -1.72. The maximum absolute atomic E-state index is 13.5. The molecule has 12 nitrogen and oxygen atoms in total. The predicted octanol–water partition coefficient (Wildman–Crippen LogP) is 4.67. The van der Waals surface area contributed by atoms with Crippen LogP contribution in [0.4, 0.5) is 16.2 Å². The van der Waals surface area contributed by atoms with Crippen LogP contribution in [0.15, 0.2) is 59.7 Å². The fourth-order valence-corrected chi connectivity index (χ4v) is 3.93. The molecule has 12 heteroatoms. The summed E-state index contributed by atoms with van der Waals surface area (Å²) in [5, 5.41) is 9.92. The van der Waals surface area contributed by atoms with Gasteiger partial charge in [-0.3, -0.25) is 9.78 Å². The number of hydrogen-bond acceptors (Lipinski definition) is 10. The molecule has 0 saturated heterocycles. The van der Waals surface area contributed by atoms with Crippen LogP contribution in [-0.4, -0.2) is 51.2 Å². The summed E-state index contributed by atoms with van der Waals surface area (Å²) in [6.45, 7) is 10.1. The van der Waals surface area contributed by atoms with Gasteiger partial charge in [0.1, 0.15) is 28.6 Å². The number of benzene rings is 1. The highest BCUT2D eigenvalue weighted by atomic mass is 16.7. The Kier molecular flexibility index (Phi) is 10.8. The van der Waals surface area contributed by atoms with Crippen molar-refractivity contribution in [1.82, 2.24) is 20.1 Å². The average Bonchev–Trinajstić information content (AvgIpc) is 2.93. The van der Waals surface area contributed by atoms with Crippen LogP contribution < -0.4 is 16.2 Å². The second-order valence-corrected chi connectivity index (χ2v) is 10.8. The number of amides is 1. The second kappa shape index (κ2) is 14.2. The summed E-state index contributed by atoms with van der Waals surface area (Å²) in [7, 11) is 0. The summed E-state index contributed by atoms with van der Waals surface area (Å²) in [5.41, 5.74) is -0.290. The van der Waals surface area contributed by atoms with Crippen molar-refractivity contribution in [2.45, 2.75) is 66.2 Å². The quantitative estimate of drug-likeness (QED) is 0.242. The number of esters is 2. The Morgan fingerprint density at radius 1 is 1.02 bits per heavy atom. The highest BCUT2D eigenvalue weighted by Crippen LogP contribution is 2.28. The first-order valence-electron chi connectivity index (χ1n) is 13.6. The number of carbonyl (C=O) groups excluding carboxylic acids is 3. The van der Waals surface area contributed by atoms with Gasteiger partial charge in [-0.05, 0) is 52.2 Å². The number of hydrogen-bond donors (Lipinski definition) is 2. The zero-order valence-corrected chi connectivity index (χ0v) is 24.7. The van der Waals surface area contributed by atoms with Crippen LogP contribution in [0.25, 0.3) is 11.3 Å². The van der Waals surface area contributed by atoms with E-state index in [4.69, 9.17) is 14.2 Å². The molecule has 0 unspecified atom stereocenters. The minimum Gasteiger partial charge on any atom is -0.444 e. The normalized spacial score (nSPS) is 11.9. The number of ether oxygens (including phenoxy) is 3. The molecule has 0 bridgehead atoms. The first-order chi connectivity index (χ1) is 19.9. The molecule has 42 heavy (non-hydrogen) atoms. The second-order valence-electron chi connectivity index (χ2n) is 10.8. The first-order valence-corrected chi connectivity index (χ1v) is 13.6. The minimum atomic E-state index is -1.03. The van der Waals surface area contributed by atoms with E-state index < -0.39 is 42.0 Å². The molecule has 3 aromatic rings. The van der Waals surface area contributed by atoms with Crippen molar-refractivity contribution in [3.05, 3.63) is 70.8 Å². The highest BCUT2D eigenvalue weighted by molar-refractivity contribution is 6.02. The van der Waals surface area contributed by atoms with Gasteiger partial charge >= 0.3 is 18.0 Å². The fraction of sp³-hybridized carbons (Fsp3) is 0.400. The lowest BCUT2D eigenvalue weighted by Crippen LogP contribution is -2.45. The third-order valence-corrected chi connectivity index (χ3v) is 5.71. The van der Waals surface area contributed by atoms with Gasteiger partial charge in [0.25, 0.3) is 5.56 Å². The Morgan fingerprint density at radius 2 is 1.74 bits per heavy atom. The van der Waals surface area contributed by atoms with E-state index in [0.29, 0.717) is 11.3 Å². The molecule has 0 aliphatic rings. The van der Waals surface area contributed by atoms with Gasteiger partial charge in [0.2, 0.25) is 6.79 Å². The molecule has 224 valence electrons. The standard InChI is InChI=1S/C30H37N5O7/c1-7-35-26(36)25(32-21-14-11-15-31-17-21)23(24(34-35)20-12-9-8-10-13-20)28(38)41-18-40-27(37)22(16-19(2)3)33-29(39)42-30(4,5)6/h8-15,17,19,22,32H,7,16,18H2,1-6H3,(H,33,39)/t22-/m1/s1. The summed E-state index contributed by atoms with van der Waals surface area (Å²) in [6, 6.07) is 11.2. The van der Waals surface area contributed by atoms with Crippen molar-refractivity contribution >= 4 is 29.4 Å². The van der Waals surface area contributed by atoms with Gasteiger partial charge < -0.3 is 24.8 Å². The lowest BCUT2D eigenvalue weighted by atomic mass is 10.0. The Labute approximate surface area is 244 Å². The molecule has 1 amide bonds. The van der Waals surface area contributed by atoms with Gasteiger partial charge in [0, 0.05) is 18.3 Å². The number of carbonyl (C=O) groups is 3. The van der Waals surface area contributed by atoms with E-state index in [-0.39, 0.29) is 35.8 Å². The number of rotatable bonds is 11. The lowest BCUT2D eigenvalue weighted by Gasteiger charge is -2.23. The molecule has 0 spiro atoms. The Balaban J connectivity index is 1.89. The summed E-state index contributed by atoms with van der Waals surface area (Å²) in [6.07, 6.45) is 2.57. The van der Waals surface area contributed by atoms with Gasteiger partial charge in [-0.1, -0.05) is 44.2 Å². The van der Waals surface area contributed by atoms with Crippen molar-refractivity contribution in [3.8, 4) is 11.3 Å². The van der Waals surface area contributed by atoms with Crippen molar-refractivity contribution in [2.24, 2.45) is 5.92 Å². The average molecular weight is 580 g/mol. The lowest BCUT2D eigenvalue weighted by molar-refractivity contribution is -0.155. The number of aromatic nitrogens is 3. The number of pyridine rings is 1. The molecule has 2 heterocycles. The van der Waals surface area contributed by atoms with E-state index in [1.807, 2.05) is 19.9 Å². The third-order valence-electron chi connectivity index (χ3n) is 5.71. The zero-order valence-electron chi connectivity index (χ0n) is 24.7. The van der Waals surface area contributed by atoms with Gasteiger partial charge in [-0.25, -0.2) is 19.1 Å². The number of nitrogens with one attached hydrogen (secondary N) is 2. The molecule has 1 atom stereocenters. The molecule has 1 aromatic carbocycles. The van der Waals surface area contributed by atoms with Crippen LogP contribution in [0.2, 0.25) is 0 Å². The van der Waals surface area contributed by atoms with Gasteiger partial charge in [0.05, 0.1) is 11.9 Å². The van der Waals surface area contributed by atoms with Crippen LogP contribution in [0, 0.1) is 5.92 Å². The summed E-state index contributed by atoms with van der Waals surface area (Å²) < 4.78 is 17.0. The molecule has 3 rings (SSSR count). The summed E-state index contributed by atoms with van der Waals surface area (Å²) in [4.78, 5) is 56.1. The number of nitrogens with zero attached hydrogens (tertiary/aromatic N) is 3. The minimum absolute atomic E-state index is 0.0331. The van der Waals surface area contributed by atoms with Crippen LogP contribution in [0.1, 0.15) is 58.3 Å². The molecule has 0 saturated carbocycles. The van der Waals surface area contributed by atoms with Crippen molar-refractivity contribution in [1.29, 1.82) is 0 Å². The zero-order chi connectivity index (χ0) is 30.9. The first kappa shape index (κ1) is 31.8. The smallest absolute Gasteiger partial charge is 0.408 e. The molecular weight excluding hydrogens is 542 g/mol. The van der Waals surface area contributed by atoms with Gasteiger partial charge in [-0.15, -0.1) is 0 Å². The molecule has 2 aromatic heterocycles. The monoisotopic (exact) mass is 579 g/mol. The SMILES string of the molecule is CCn1nc(-c2ccccc2)c(C(=O)OCOC(=O)[C@@H](CC(C)C)NC(=O)OC(C)(C)C)c(Nc2cccnc2)c1=O. The van der Waals surface area contributed by atoms with Crippen molar-refractivity contribution in [2.75, 3.05) is 12.1 Å². The van der Waals surface area contributed by atoms with E-state index in [2.05, 4.69) is 20.7 Å². The maximum Gasteiger partial charge on any atom is 0.408 e. The van der Waals surface area contributed by atoms with E-state index >= 15 is 0 Å². The summed E-state index contributed by atoms with van der Waals surface area (Å²) >= 11 is 0. The van der Waals surface area contributed by atoms with E-state index in [9.17, 15) is 19.2 Å². The Morgan fingerprint density at radius 3 is 2.33 bits per heavy atom. The molecule has 0 aliphatic carbocycles. The third kappa shape index (κ3) is 8.88. The van der Waals surface area contributed by atoms with Gasteiger partial charge in [-0.2, -0.15) is 5.10 Å². The van der Waals surface area contributed by atoms with E-state index in [1.54, 1.807) is 70.3 Å². The molecule has 0 aliphatic heterocycles. The maximum atomic E-state index is 13.5. The Hall–Kier alpha value is -4.74. The van der Waals surface area contributed by atoms with E-state index in [0.717, 1.165) is 0 Å². The van der Waals surface area contributed by atoms with Crippen LogP contribution >= 0.6 is 0 Å². The Bertz CT molecular complexity index is 1430. The molecule has 0 radical (unpaired) electrons. The van der Waals surface area contributed by atoms with E-state index in [1.165, 1.54) is 10.9 Å². The number of aryl methyl sites for hydroxylation is 1. The topological polar surface area (TPSA) is 151 Å². The van der Waals surface area contributed by atoms with Gasteiger partial charge in [0.15, 0.2) is 0 Å². The molecular formula is C30H37N5O7. The fourth-order valence-electron chi connectivity index (χ4n) is 3.93. The molecule has 0 fully saturated rings.